The lowest BCUT2D eigenvalue weighted by Crippen LogP contribution is -2.23. The van der Waals surface area contributed by atoms with Gasteiger partial charge in [-0.2, -0.15) is 0 Å². The van der Waals surface area contributed by atoms with Crippen LogP contribution in [0.2, 0.25) is 5.02 Å². The van der Waals surface area contributed by atoms with Gasteiger partial charge in [0.05, 0.1) is 22.1 Å². The highest BCUT2D eigenvalue weighted by Crippen LogP contribution is 2.29. The number of rotatable bonds is 5. The van der Waals surface area contributed by atoms with Crippen molar-refractivity contribution in [3.05, 3.63) is 29.0 Å². The maximum atomic E-state index is 6.35. The van der Waals surface area contributed by atoms with Crippen molar-refractivity contribution in [3.8, 4) is 0 Å². The van der Waals surface area contributed by atoms with Gasteiger partial charge in [-0.25, -0.2) is 4.98 Å². The summed E-state index contributed by atoms with van der Waals surface area (Å²) in [6.07, 6.45) is 1.12. The second-order valence-corrected chi connectivity index (χ2v) is 5.62. The van der Waals surface area contributed by atoms with Crippen LogP contribution < -0.4 is 5.32 Å². The molecule has 1 heterocycles. The molecule has 1 aromatic heterocycles. The molecule has 0 spiro atoms. The molecule has 3 nitrogen and oxygen atoms in total. The molecule has 0 radical (unpaired) electrons. The van der Waals surface area contributed by atoms with E-state index in [-0.39, 0.29) is 6.04 Å². The van der Waals surface area contributed by atoms with Crippen molar-refractivity contribution in [2.45, 2.75) is 46.2 Å². The summed E-state index contributed by atoms with van der Waals surface area (Å²) in [7, 11) is 0. The Hall–Kier alpha value is -1.06. The van der Waals surface area contributed by atoms with Crippen LogP contribution in [0.15, 0.2) is 18.2 Å². The standard InChI is InChI=1S/C15H22ClN3/c1-5-9-17-11(4)15-18-13-8-6-7-12(16)14(13)19(15)10(2)3/h6-8,10-11,17H,5,9H2,1-4H3. The average Bonchev–Trinajstić information content (AvgIpc) is 2.77. The Kier molecular flexibility index (Phi) is 4.48. The number of fused-ring (bicyclic) bond motifs is 1. The Morgan fingerprint density at radius 1 is 1.32 bits per heavy atom. The number of nitrogens with one attached hydrogen (secondary N) is 1. The maximum Gasteiger partial charge on any atom is 0.127 e. The lowest BCUT2D eigenvalue weighted by Gasteiger charge is -2.18. The molecule has 1 unspecified atom stereocenters. The van der Waals surface area contributed by atoms with Gasteiger partial charge in [-0.05, 0) is 45.9 Å². The summed E-state index contributed by atoms with van der Waals surface area (Å²) in [4.78, 5) is 4.76. The number of benzene rings is 1. The quantitative estimate of drug-likeness (QED) is 0.883. The Bertz CT molecular complexity index is 560. The van der Waals surface area contributed by atoms with E-state index in [2.05, 4.69) is 37.6 Å². The number of hydrogen-bond donors (Lipinski definition) is 1. The summed E-state index contributed by atoms with van der Waals surface area (Å²) in [6, 6.07) is 6.47. The van der Waals surface area contributed by atoms with Gasteiger partial charge in [0, 0.05) is 6.04 Å². The van der Waals surface area contributed by atoms with E-state index < -0.39 is 0 Å². The third kappa shape index (κ3) is 2.77. The van der Waals surface area contributed by atoms with Crippen molar-refractivity contribution in [3.63, 3.8) is 0 Å². The van der Waals surface area contributed by atoms with Crippen molar-refractivity contribution in [2.75, 3.05) is 6.54 Å². The van der Waals surface area contributed by atoms with Gasteiger partial charge in [0.25, 0.3) is 0 Å². The molecular formula is C15H22ClN3. The van der Waals surface area contributed by atoms with Crippen molar-refractivity contribution >= 4 is 22.6 Å². The predicted molar refractivity (Wildman–Crippen MR) is 81.8 cm³/mol. The molecular weight excluding hydrogens is 258 g/mol. The molecule has 0 aliphatic heterocycles. The van der Waals surface area contributed by atoms with Crippen LogP contribution in [0.5, 0.6) is 0 Å². The molecule has 2 rings (SSSR count). The smallest absolute Gasteiger partial charge is 0.127 e. The van der Waals surface area contributed by atoms with Crippen LogP contribution in [0.3, 0.4) is 0 Å². The molecule has 1 atom stereocenters. The number of halogens is 1. The summed E-state index contributed by atoms with van der Waals surface area (Å²) in [5.74, 6) is 1.06. The van der Waals surface area contributed by atoms with E-state index in [1.54, 1.807) is 0 Å². The first-order valence-electron chi connectivity index (χ1n) is 6.96. The van der Waals surface area contributed by atoms with E-state index in [4.69, 9.17) is 16.6 Å². The van der Waals surface area contributed by atoms with E-state index in [1.165, 1.54) is 0 Å². The Morgan fingerprint density at radius 2 is 2.05 bits per heavy atom. The largest absolute Gasteiger partial charge is 0.323 e. The lowest BCUT2D eigenvalue weighted by molar-refractivity contribution is 0.492. The second-order valence-electron chi connectivity index (χ2n) is 5.22. The minimum atomic E-state index is 0.228. The molecule has 19 heavy (non-hydrogen) atoms. The van der Waals surface area contributed by atoms with E-state index in [1.807, 2.05) is 18.2 Å². The van der Waals surface area contributed by atoms with Crippen LogP contribution >= 0.6 is 11.6 Å². The van der Waals surface area contributed by atoms with Crippen LogP contribution in [0.25, 0.3) is 11.0 Å². The SMILES string of the molecule is CCCNC(C)c1nc2cccc(Cl)c2n1C(C)C. The van der Waals surface area contributed by atoms with Gasteiger partial charge in [0.1, 0.15) is 5.82 Å². The summed E-state index contributed by atoms with van der Waals surface area (Å²) in [5, 5.41) is 4.27. The molecule has 2 aromatic rings. The van der Waals surface area contributed by atoms with Crippen molar-refractivity contribution in [2.24, 2.45) is 0 Å². The van der Waals surface area contributed by atoms with E-state index in [9.17, 15) is 0 Å². The summed E-state index contributed by atoms with van der Waals surface area (Å²) in [6.45, 7) is 9.66. The molecule has 0 fully saturated rings. The van der Waals surface area contributed by atoms with Crippen LogP contribution in [-0.2, 0) is 0 Å². The molecule has 104 valence electrons. The zero-order valence-electron chi connectivity index (χ0n) is 12.1. The van der Waals surface area contributed by atoms with Crippen molar-refractivity contribution in [1.82, 2.24) is 14.9 Å². The van der Waals surface area contributed by atoms with Gasteiger partial charge in [-0.1, -0.05) is 24.6 Å². The summed E-state index contributed by atoms with van der Waals surface area (Å²) in [5.41, 5.74) is 2.01. The van der Waals surface area contributed by atoms with Crippen LogP contribution in [0.1, 0.15) is 52.0 Å². The van der Waals surface area contributed by atoms with Crippen molar-refractivity contribution in [1.29, 1.82) is 0 Å². The number of aromatic nitrogens is 2. The van der Waals surface area contributed by atoms with E-state index >= 15 is 0 Å². The van der Waals surface area contributed by atoms with Gasteiger partial charge >= 0.3 is 0 Å². The summed E-state index contributed by atoms with van der Waals surface area (Å²) < 4.78 is 2.24. The van der Waals surface area contributed by atoms with E-state index in [0.717, 1.165) is 34.8 Å². The Labute approximate surface area is 120 Å². The zero-order chi connectivity index (χ0) is 14.0. The van der Waals surface area contributed by atoms with Gasteiger partial charge in [0.2, 0.25) is 0 Å². The molecule has 0 saturated heterocycles. The fourth-order valence-corrected chi connectivity index (χ4v) is 2.67. The predicted octanol–water partition coefficient (Wildman–Crippen LogP) is 4.33. The third-order valence-electron chi connectivity index (χ3n) is 3.29. The normalized spacial score (nSPS) is 13.4. The van der Waals surface area contributed by atoms with Gasteiger partial charge in [-0.3, -0.25) is 0 Å². The topological polar surface area (TPSA) is 29.9 Å². The average molecular weight is 280 g/mol. The van der Waals surface area contributed by atoms with Crippen molar-refractivity contribution < 1.29 is 0 Å². The first-order valence-corrected chi connectivity index (χ1v) is 7.33. The summed E-state index contributed by atoms with van der Waals surface area (Å²) >= 11 is 6.35. The first-order chi connectivity index (χ1) is 9.06. The number of imidazole rings is 1. The van der Waals surface area contributed by atoms with Gasteiger partial charge < -0.3 is 9.88 Å². The Balaban J connectivity index is 2.54. The first kappa shape index (κ1) is 14.4. The van der Waals surface area contributed by atoms with Crippen LogP contribution in [0.4, 0.5) is 0 Å². The second kappa shape index (κ2) is 5.93. The minimum Gasteiger partial charge on any atom is -0.323 e. The number of para-hydroxylation sites is 1. The molecule has 0 amide bonds. The van der Waals surface area contributed by atoms with Crippen LogP contribution in [-0.4, -0.2) is 16.1 Å². The highest BCUT2D eigenvalue weighted by atomic mass is 35.5. The van der Waals surface area contributed by atoms with Gasteiger partial charge in [0.15, 0.2) is 0 Å². The highest BCUT2D eigenvalue weighted by molar-refractivity contribution is 6.35. The Morgan fingerprint density at radius 3 is 2.68 bits per heavy atom. The molecule has 4 heteroatoms. The molecule has 0 bridgehead atoms. The highest BCUT2D eigenvalue weighted by Gasteiger charge is 2.19. The number of hydrogen-bond acceptors (Lipinski definition) is 2. The van der Waals surface area contributed by atoms with E-state index in [0.29, 0.717) is 6.04 Å². The number of nitrogens with zero attached hydrogens (tertiary/aromatic N) is 2. The zero-order valence-corrected chi connectivity index (χ0v) is 12.8. The molecule has 1 N–H and O–H groups in total. The maximum absolute atomic E-state index is 6.35. The fraction of sp³-hybridized carbons (Fsp3) is 0.533. The van der Waals surface area contributed by atoms with Crippen LogP contribution in [0, 0.1) is 0 Å². The molecule has 0 aliphatic rings. The molecule has 0 aliphatic carbocycles. The fourth-order valence-electron chi connectivity index (χ4n) is 2.40. The monoisotopic (exact) mass is 279 g/mol. The lowest BCUT2D eigenvalue weighted by atomic mass is 10.2. The minimum absolute atomic E-state index is 0.228. The third-order valence-corrected chi connectivity index (χ3v) is 3.60. The van der Waals surface area contributed by atoms with Gasteiger partial charge in [-0.15, -0.1) is 0 Å². The molecule has 1 aromatic carbocycles. The molecule has 0 saturated carbocycles.